The largest absolute Gasteiger partial charge is 0.482 e. The van der Waals surface area contributed by atoms with Crippen molar-refractivity contribution in [3.63, 3.8) is 0 Å². The molecule has 1 unspecified atom stereocenters. The molecule has 0 heterocycles. The Labute approximate surface area is 222 Å². The smallest absolute Gasteiger partial charge is 0.462 e. The number of nitrogens with zero attached hydrogens (tertiary/aromatic N) is 1. The van der Waals surface area contributed by atoms with Crippen molar-refractivity contribution < 1.29 is 3.79 Å². The summed E-state index contributed by atoms with van der Waals surface area (Å²) in [6.45, 7) is 6.90. The predicted molar refractivity (Wildman–Crippen MR) is 157 cm³/mol. The van der Waals surface area contributed by atoms with E-state index in [4.69, 9.17) is 3.79 Å². The van der Waals surface area contributed by atoms with Crippen LogP contribution in [0.3, 0.4) is 0 Å². The Morgan fingerprint density at radius 3 is 1.43 bits per heavy atom. The van der Waals surface area contributed by atoms with Crippen LogP contribution in [0, 0.1) is 0 Å². The Kier molecular flexibility index (Phi) is 17.0. The monoisotopic (exact) mass is 493 g/mol. The van der Waals surface area contributed by atoms with Crippen molar-refractivity contribution in [1.82, 2.24) is 0 Å². The van der Waals surface area contributed by atoms with Crippen molar-refractivity contribution in [3.05, 3.63) is 60.7 Å². The normalized spacial score (nSPS) is 12.0. The van der Waals surface area contributed by atoms with Gasteiger partial charge in [-0.25, -0.2) is 0 Å². The molecule has 0 N–H and O–H groups in total. The zero-order chi connectivity index (χ0) is 25.0. The van der Waals surface area contributed by atoms with E-state index in [1.54, 1.807) is 0 Å². The number of hydrogen-bond acceptors (Lipinski definition) is 2. The van der Waals surface area contributed by atoms with Gasteiger partial charge in [0, 0.05) is 11.4 Å². The van der Waals surface area contributed by atoms with Crippen molar-refractivity contribution in [1.29, 1.82) is 0 Å². The van der Waals surface area contributed by atoms with Crippen molar-refractivity contribution >= 4 is 25.9 Å². The minimum atomic E-state index is -1.29. The van der Waals surface area contributed by atoms with Crippen molar-refractivity contribution in [3.8, 4) is 0 Å². The average Bonchev–Trinajstić information content (AvgIpc) is 2.89. The van der Waals surface area contributed by atoms with Gasteiger partial charge in [0.05, 0.1) is 0 Å². The highest BCUT2D eigenvalue weighted by Crippen LogP contribution is 2.31. The number of para-hydroxylation sites is 2. The highest BCUT2D eigenvalue weighted by atomic mass is 27.2. The summed E-state index contributed by atoms with van der Waals surface area (Å²) in [6, 6.07) is 21.7. The first-order valence-electron chi connectivity index (χ1n) is 14.8. The fraction of sp³-hybridized carbons (Fsp3) is 0.625. The Balaban J connectivity index is 2.09. The molecule has 0 aliphatic heterocycles. The van der Waals surface area contributed by atoms with Gasteiger partial charge in [0.2, 0.25) is 0 Å². The lowest BCUT2D eigenvalue weighted by atomic mass is 10.1. The fourth-order valence-electron chi connectivity index (χ4n) is 4.97. The van der Waals surface area contributed by atoms with Crippen molar-refractivity contribution in [2.24, 2.45) is 0 Å². The maximum atomic E-state index is 7.18. The molecule has 2 aromatic carbocycles. The molecule has 0 saturated carbocycles. The molecule has 0 fully saturated rings. The fourth-order valence-corrected chi connectivity index (χ4v) is 7.72. The molecule has 2 rings (SSSR count). The average molecular weight is 494 g/mol. The molecule has 1 atom stereocenters. The second-order valence-electron chi connectivity index (χ2n) is 10.2. The highest BCUT2D eigenvalue weighted by Gasteiger charge is 2.28. The predicted octanol–water partition coefficient (Wildman–Crippen LogP) is 10.7. The van der Waals surface area contributed by atoms with E-state index in [0.717, 1.165) is 12.8 Å². The molecular weight excluding hydrogens is 441 g/mol. The molecule has 0 spiro atoms. The van der Waals surface area contributed by atoms with Crippen LogP contribution in [0.2, 0.25) is 10.6 Å². The van der Waals surface area contributed by atoms with Gasteiger partial charge < -0.3 is 8.69 Å². The highest BCUT2D eigenvalue weighted by molar-refractivity contribution is 6.51. The van der Waals surface area contributed by atoms with Gasteiger partial charge in [-0.15, -0.1) is 0 Å². The van der Waals surface area contributed by atoms with Crippen molar-refractivity contribution in [2.75, 3.05) is 4.90 Å². The van der Waals surface area contributed by atoms with Crippen LogP contribution < -0.4 is 4.90 Å². The third-order valence-electron chi connectivity index (χ3n) is 7.00. The molecule has 194 valence electrons. The maximum absolute atomic E-state index is 7.18. The Morgan fingerprint density at radius 2 is 1.00 bits per heavy atom. The van der Waals surface area contributed by atoms with Crippen LogP contribution in [0.5, 0.6) is 0 Å². The number of anilines is 2. The third kappa shape index (κ3) is 12.5. The molecule has 0 bridgehead atoms. The summed E-state index contributed by atoms with van der Waals surface area (Å²) in [5.74, 6) is 0. The van der Waals surface area contributed by atoms with E-state index in [9.17, 15) is 0 Å². The van der Waals surface area contributed by atoms with Crippen LogP contribution in [-0.2, 0) is 3.79 Å². The molecule has 0 aliphatic carbocycles. The lowest BCUT2D eigenvalue weighted by Crippen LogP contribution is -2.38. The van der Waals surface area contributed by atoms with E-state index >= 15 is 0 Å². The molecule has 2 nitrogen and oxygen atoms in total. The summed E-state index contributed by atoms with van der Waals surface area (Å²) in [5.41, 5.74) is 2.48. The van der Waals surface area contributed by atoms with E-state index in [-0.39, 0.29) is 6.23 Å². The van der Waals surface area contributed by atoms with Crippen molar-refractivity contribution in [2.45, 2.75) is 127 Å². The topological polar surface area (TPSA) is 12.5 Å². The number of benzene rings is 2. The molecule has 3 heteroatoms. The Hall–Kier alpha value is -1.27. The molecule has 0 aromatic heterocycles. The summed E-state index contributed by atoms with van der Waals surface area (Å²) >= 11 is -1.29. The van der Waals surface area contributed by atoms with Crippen LogP contribution in [-0.4, -0.2) is 20.7 Å². The van der Waals surface area contributed by atoms with Gasteiger partial charge in [-0.3, -0.25) is 0 Å². The van der Waals surface area contributed by atoms with E-state index in [0.29, 0.717) is 0 Å². The zero-order valence-corrected chi connectivity index (χ0v) is 24.3. The van der Waals surface area contributed by atoms with E-state index in [1.807, 2.05) is 0 Å². The van der Waals surface area contributed by atoms with Crippen LogP contribution in [0.25, 0.3) is 0 Å². The van der Waals surface area contributed by atoms with Gasteiger partial charge in [0.25, 0.3) is 0 Å². The minimum absolute atomic E-state index is 0.127. The molecule has 0 aliphatic rings. The third-order valence-corrected chi connectivity index (χ3v) is 9.80. The number of rotatable bonds is 21. The summed E-state index contributed by atoms with van der Waals surface area (Å²) < 4.78 is 7.18. The zero-order valence-electron chi connectivity index (χ0n) is 23.1. The Morgan fingerprint density at radius 1 is 0.571 bits per heavy atom. The van der Waals surface area contributed by atoms with Gasteiger partial charge >= 0.3 is 14.5 Å². The summed E-state index contributed by atoms with van der Waals surface area (Å²) in [4.78, 5) is 2.46. The van der Waals surface area contributed by atoms with Crippen LogP contribution >= 0.6 is 0 Å². The lowest BCUT2D eigenvalue weighted by molar-refractivity contribution is 0.193. The quantitative estimate of drug-likeness (QED) is 0.0974. The van der Waals surface area contributed by atoms with Gasteiger partial charge in [0.1, 0.15) is 6.23 Å². The second kappa shape index (κ2) is 19.9. The molecule has 35 heavy (non-hydrogen) atoms. The van der Waals surface area contributed by atoms with Crippen LogP contribution in [0.15, 0.2) is 60.7 Å². The van der Waals surface area contributed by atoms with Crippen LogP contribution in [0.1, 0.15) is 111 Å². The SMILES string of the molecule is CCCCCCC[CH2][Al]([CH2]CCCCCCC)[O]C(CCC)N(c1ccccc1)c1ccccc1. The summed E-state index contributed by atoms with van der Waals surface area (Å²) in [5, 5.41) is 2.66. The van der Waals surface area contributed by atoms with Gasteiger partial charge in [0.15, 0.2) is 0 Å². The molecular formula is C32H52AlNO. The lowest BCUT2D eigenvalue weighted by Gasteiger charge is -2.36. The first-order chi connectivity index (χ1) is 17.3. The Bertz CT molecular complexity index is 667. The van der Waals surface area contributed by atoms with E-state index in [2.05, 4.69) is 86.3 Å². The van der Waals surface area contributed by atoms with E-state index < -0.39 is 14.5 Å². The van der Waals surface area contributed by atoms with E-state index in [1.165, 1.54) is 99.0 Å². The summed E-state index contributed by atoms with van der Waals surface area (Å²) in [6.07, 6.45) is 18.8. The van der Waals surface area contributed by atoms with Gasteiger partial charge in [-0.2, -0.15) is 0 Å². The number of hydrogen-bond donors (Lipinski definition) is 0. The first-order valence-corrected chi connectivity index (χ1v) is 16.9. The molecule has 0 saturated heterocycles. The summed E-state index contributed by atoms with van der Waals surface area (Å²) in [7, 11) is 0. The van der Waals surface area contributed by atoms with Gasteiger partial charge in [-0.05, 0) is 30.7 Å². The minimum Gasteiger partial charge on any atom is -0.482 e. The standard InChI is InChI=1S/C16H18NO.2C8H17.Al/c1-2-9-16(18)17(14-10-5-3-6-11-14)15-12-7-4-8-13-15;2*1-3-5-7-8-6-4-2;/h3-8,10-13,16H,2,9H2,1H3;2*1,3-8H2,2H3;/q-1;;;+1. The van der Waals surface area contributed by atoms with Gasteiger partial charge in [-0.1, -0.05) is 151 Å². The maximum Gasteiger partial charge on any atom is 0.462 e. The number of unbranched alkanes of at least 4 members (excludes halogenated alkanes) is 10. The first kappa shape index (κ1) is 30.0. The molecule has 0 amide bonds. The second-order valence-corrected chi connectivity index (χ2v) is 12.8. The molecule has 2 aromatic rings. The molecule has 0 radical (unpaired) electrons. The van der Waals surface area contributed by atoms with Crippen LogP contribution in [0.4, 0.5) is 11.4 Å².